The monoisotopic (exact) mass is 464 g/mol. The van der Waals surface area contributed by atoms with Crippen LogP contribution in [0.15, 0.2) is 79.1 Å². The first-order chi connectivity index (χ1) is 16.6. The van der Waals surface area contributed by atoms with Crippen LogP contribution in [0.5, 0.6) is 0 Å². The fourth-order valence-electron chi connectivity index (χ4n) is 4.16. The molecule has 4 atom stereocenters. The number of halogens is 1. The first-order valence-electron chi connectivity index (χ1n) is 11.0. The van der Waals surface area contributed by atoms with Gasteiger partial charge in [-0.25, -0.2) is 13.9 Å². The summed E-state index contributed by atoms with van der Waals surface area (Å²) in [6.45, 7) is 0.318. The Bertz CT molecular complexity index is 1240. The van der Waals surface area contributed by atoms with E-state index in [-0.39, 0.29) is 24.7 Å². The molecule has 0 spiro atoms. The third-order valence-corrected chi connectivity index (χ3v) is 5.88. The second-order valence-electron chi connectivity index (χ2n) is 8.18. The summed E-state index contributed by atoms with van der Waals surface area (Å²) >= 11 is 0. The molecule has 8 nitrogen and oxygen atoms in total. The van der Waals surface area contributed by atoms with Crippen molar-refractivity contribution in [2.45, 2.75) is 37.4 Å². The molecule has 0 aliphatic carbocycles. The van der Waals surface area contributed by atoms with Gasteiger partial charge in [-0.3, -0.25) is 0 Å². The van der Waals surface area contributed by atoms with Gasteiger partial charge in [0.05, 0.1) is 19.8 Å². The number of nitrogens with two attached hydrogens (primary N) is 1. The quantitative estimate of drug-likeness (QED) is 0.413. The third kappa shape index (κ3) is 4.26. The van der Waals surface area contributed by atoms with Crippen LogP contribution in [0.1, 0.15) is 16.8 Å². The van der Waals surface area contributed by atoms with E-state index in [0.717, 1.165) is 11.1 Å². The van der Waals surface area contributed by atoms with Crippen molar-refractivity contribution in [3.05, 3.63) is 95.9 Å². The van der Waals surface area contributed by atoms with Gasteiger partial charge in [-0.1, -0.05) is 60.7 Å². The van der Waals surface area contributed by atoms with E-state index >= 15 is 4.39 Å². The zero-order valence-electron chi connectivity index (χ0n) is 18.3. The van der Waals surface area contributed by atoms with E-state index in [1.807, 2.05) is 60.7 Å². The van der Waals surface area contributed by atoms with Crippen molar-refractivity contribution >= 4 is 11.3 Å². The van der Waals surface area contributed by atoms with Crippen LogP contribution in [0.2, 0.25) is 0 Å². The maximum Gasteiger partial charge on any atom is 0.240 e. The molecule has 1 unspecified atom stereocenters. The zero-order valence-corrected chi connectivity index (χ0v) is 18.3. The molecule has 3 N–H and O–H groups in total. The number of ether oxygens (including phenoxy) is 3. The SMILES string of the molecule is Nc1ncnn2c(C3(O)O[C@H](COCc4ccccc4)[C@@H](F)[C@H]3OCc3ccccc3)ccc12. The standard InChI is InChI=1S/C25H25FN4O4/c26-22-20(15-32-13-17-7-3-1-4-8-17)34-25(31,23(22)33-14-18-9-5-2-6-10-18)21-12-11-19-24(27)28-16-29-30(19)21/h1-12,16,20,22-23,31H,13-15H2,(H2,27,28,29)/t20-,22-,23-,25?/m1/s1. The largest absolute Gasteiger partial charge is 0.382 e. The molecule has 4 aromatic rings. The minimum absolute atomic E-state index is 0.0655. The number of rotatable bonds is 8. The first kappa shape index (κ1) is 22.4. The minimum Gasteiger partial charge on any atom is -0.382 e. The van der Waals surface area contributed by atoms with Crippen LogP contribution in [-0.2, 0) is 33.2 Å². The fraction of sp³-hybridized carbons (Fsp3) is 0.280. The highest BCUT2D eigenvalue weighted by molar-refractivity contribution is 5.65. The number of alkyl halides is 1. The fourth-order valence-corrected chi connectivity index (χ4v) is 4.16. The molecule has 1 aliphatic heterocycles. The van der Waals surface area contributed by atoms with Crippen LogP contribution < -0.4 is 5.73 Å². The van der Waals surface area contributed by atoms with Crippen molar-refractivity contribution in [1.82, 2.24) is 14.6 Å². The number of nitrogen functional groups attached to an aromatic ring is 1. The molecule has 2 aromatic heterocycles. The summed E-state index contributed by atoms with van der Waals surface area (Å²) in [5.41, 5.74) is 8.39. The molecule has 34 heavy (non-hydrogen) atoms. The smallest absolute Gasteiger partial charge is 0.240 e. The Hall–Kier alpha value is -3.37. The van der Waals surface area contributed by atoms with Gasteiger partial charge in [0.1, 0.15) is 23.6 Å². The maximum absolute atomic E-state index is 15.7. The Morgan fingerprint density at radius 3 is 2.38 bits per heavy atom. The second-order valence-corrected chi connectivity index (χ2v) is 8.18. The van der Waals surface area contributed by atoms with Gasteiger partial charge in [0, 0.05) is 0 Å². The van der Waals surface area contributed by atoms with Crippen LogP contribution in [-0.4, -0.2) is 44.7 Å². The molecule has 3 heterocycles. The number of aliphatic hydroxyl groups is 1. The van der Waals surface area contributed by atoms with Gasteiger partial charge in [0.15, 0.2) is 18.1 Å². The van der Waals surface area contributed by atoms with E-state index in [0.29, 0.717) is 12.1 Å². The summed E-state index contributed by atoms with van der Waals surface area (Å²) in [6.07, 6.45) is -2.78. The summed E-state index contributed by atoms with van der Waals surface area (Å²) in [4.78, 5) is 3.96. The van der Waals surface area contributed by atoms with Crippen molar-refractivity contribution in [2.75, 3.05) is 12.3 Å². The molecular formula is C25H25FN4O4. The molecule has 1 aliphatic rings. The van der Waals surface area contributed by atoms with Gasteiger partial charge in [0.2, 0.25) is 5.79 Å². The van der Waals surface area contributed by atoms with Crippen molar-refractivity contribution in [2.24, 2.45) is 0 Å². The number of hydrogen-bond donors (Lipinski definition) is 2. The lowest BCUT2D eigenvalue weighted by Gasteiger charge is -2.28. The molecule has 0 saturated carbocycles. The third-order valence-electron chi connectivity index (χ3n) is 5.88. The molecule has 0 amide bonds. The lowest BCUT2D eigenvalue weighted by Crippen LogP contribution is -2.42. The zero-order chi connectivity index (χ0) is 23.5. The van der Waals surface area contributed by atoms with E-state index in [1.165, 1.54) is 10.8 Å². The van der Waals surface area contributed by atoms with E-state index in [2.05, 4.69) is 10.1 Å². The molecule has 176 valence electrons. The van der Waals surface area contributed by atoms with Gasteiger partial charge in [-0.15, -0.1) is 0 Å². The number of fused-ring (bicyclic) bond motifs is 1. The number of aromatic nitrogens is 3. The Morgan fingerprint density at radius 2 is 1.68 bits per heavy atom. The molecule has 9 heteroatoms. The topological polar surface area (TPSA) is 104 Å². The van der Waals surface area contributed by atoms with E-state index in [4.69, 9.17) is 19.9 Å². The van der Waals surface area contributed by atoms with Crippen molar-refractivity contribution in [3.8, 4) is 0 Å². The van der Waals surface area contributed by atoms with E-state index < -0.39 is 24.2 Å². The van der Waals surface area contributed by atoms with Gasteiger partial charge >= 0.3 is 0 Å². The van der Waals surface area contributed by atoms with E-state index in [9.17, 15) is 5.11 Å². The molecular weight excluding hydrogens is 439 g/mol. The number of benzene rings is 2. The molecule has 5 rings (SSSR count). The maximum atomic E-state index is 15.7. The summed E-state index contributed by atoms with van der Waals surface area (Å²) in [6, 6.07) is 22.1. The average Bonchev–Trinajstić information content (AvgIpc) is 3.40. The lowest BCUT2D eigenvalue weighted by atomic mass is 10.0. The predicted molar refractivity (Wildman–Crippen MR) is 122 cm³/mol. The van der Waals surface area contributed by atoms with Crippen molar-refractivity contribution < 1.29 is 23.7 Å². The lowest BCUT2D eigenvalue weighted by molar-refractivity contribution is -0.255. The number of nitrogens with zero attached hydrogens (tertiary/aromatic N) is 3. The van der Waals surface area contributed by atoms with Gasteiger partial charge in [-0.2, -0.15) is 5.10 Å². The number of hydrogen-bond acceptors (Lipinski definition) is 7. The summed E-state index contributed by atoms with van der Waals surface area (Å²) in [7, 11) is 0. The average molecular weight is 464 g/mol. The van der Waals surface area contributed by atoms with Crippen molar-refractivity contribution in [3.63, 3.8) is 0 Å². The highest BCUT2D eigenvalue weighted by Gasteiger charge is 2.58. The van der Waals surface area contributed by atoms with Crippen LogP contribution in [0, 0.1) is 0 Å². The van der Waals surface area contributed by atoms with Gasteiger partial charge in [0.25, 0.3) is 0 Å². The summed E-state index contributed by atoms with van der Waals surface area (Å²) < 4.78 is 34.6. The highest BCUT2D eigenvalue weighted by Crippen LogP contribution is 2.42. The summed E-state index contributed by atoms with van der Waals surface area (Å²) in [5.74, 6) is -1.90. The van der Waals surface area contributed by atoms with Crippen LogP contribution in [0.25, 0.3) is 5.52 Å². The van der Waals surface area contributed by atoms with E-state index in [1.54, 1.807) is 12.1 Å². The molecule has 0 bridgehead atoms. The molecule has 2 aromatic carbocycles. The molecule has 1 fully saturated rings. The Kier molecular flexibility index (Phi) is 6.25. The Morgan fingerprint density at radius 1 is 1.00 bits per heavy atom. The summed E-state index contributed by atoms with van der Waals surface area (Å²) in [5, 5.41) is 15.8. The van der Waals surface area contributed by atoms with Gasteiger partial charge < -0.3 is 25.1 Å². The Labute approximate surface area is 195 Å². The van der Waals surface area contributed by atoms with Gasteiger partial charge in [-0.05, 0) is 23.3 Å². The van der Waals surface area contributed by atoms with Crippen LogP contribution in [0.3, 0.4) is 0 Å². The minimum atomic E-state index is -2.12. The first-order valence-corrected chi connectivity index (χ1v) is 11.0. The predicted octanol–water partition coefficient (Wildman–Crippen LogP) is 3.00. The normalized spacial score (nSPS) is 24.6. The second kappa shape index (κ2) is 9.47. The number of anilines is 1. The van der Waals surface area contributed by atoms with Crippen LogP contribution in [0.4, 0.5) is 10.2 Å². The molecule has 0 radical (unpaired) electrons. The highest BCUT2D eigenvalue weighted by atomic mass is 19.1. The Balaban J connectivity index is 1.41. The molecule has 1 saturated heterocycles. The van der Waals surface area contributed by atoms with Crippen LogP contribution >= 0.6 is 0 Å². The van der Waals surface area contributed by atoms with Crippen molar-refractivity contribution in [1.29, 1.82) is 0 Å².